The molecule has 0 N–H and O–H groups in total. The highest BCUT2D eigenvalue weighted by Gasteiger charge is 2.41. The van der Waals surface area contributed by atoms with Crippen molar-refractivity contribution in [2.45, 2.75) is 167 Å². The lowest BCUT2D eigenvalue weighted by Gasteiger charge is -2.39. The third kappa shape index (κ3) is 9.08. The fraction of sp³-hybridized carbons (Fsp3) is 0.419. The SMILES string of the molecule is CCC(CC)c1ccc(C(C)(CC)c2ccc(C(c3ccc(Br)cc3)(c3ccc(C(C)(CC)c4ccc(C(C)C)s4)cc3)c3ccc(C(C)(CC)c4ccc(C(C)(C)CC)s4)cc3)cc2)s1. The van der Waals surface area contributed by atoms with Crippen molar-refractivity contribution >= 4 is 49.9 Å². The van der Waals surface area contributed by atoms with Gasteiger partial charge in [-0.15, -0.1) is 34.0 Å². The third-order valence-corrected chi connectivity index (χ3v) is 21.7. The van der Waals surface area contributed by atoms with Crippen LogP contribution in [0.1, 0.15) is 209 Å². The van der Waals surface area contributed by atoms with Gasteiger partial charge in [-0.25, -0.2) is 0 Å². The summed E-state index contributed by atoms with van der Waals surface area (Å²) >= 11 is 9.83. The summed E-state index contributed by atoms with van der Waals surface area (Å²) in [6, 6.07) is 52.8. The zero-order valence-electron chi connectivity index (χ0n) is 42.2. The molecule has 0 fully saturated rings. The highest BCUT2D eigenvalue weighted by atomic mass is 79.9. The van der Waals surface area contributed by atoms with Crippen molar-refractivity contribution in [3.63, 3.8) is 0 Å². The molecule has 0 nitrogen and oxygen atoms in total. The quantitative estimate of drug-likeness (QED) is 0.0709. The van der Waals surface area contributed by atoms with Crippen LogP contribution in [0.2, 0.25) is 0 Å². The van der Waals surface area contributed by atoms with Crippen LogP contribution in [-0.2, 0) is 27.1 Å². The molecule has 7 rings (SSSR count). The minimum atomic E-state index is -0.593. The van der Waals surface area contributed by atoms with Gasteiger partial charge in [0.15, 0.2) is 0 Å². The first-order valence-corrected chi connectivity index (χ1v) is 28.1. The van der Waals surface area contributed by atoms with Crippen LogP contribution < -0.4 is 0 Å². The molecule has 3 heterocycles. The molecular formula is C62H75BrS3. The second kappa shape index (κ2) is 20.2. The molecule has 0 radical (unpaired) electrons. The van der Waals surface area contributed by atoms with Crippen molar-refractivity contribution in [1.29, 1.82) is 0 Å². The highest BCUT2D eigenvalue weighted by Crippen LogP contribution is 2.50. The number of hydrogen-bond donors (Lipinski definition) is 0. The van der Waals surface area contributed by atoms with Gasteiger partial charge in [-0.05, 0) is 143 Å². The van der Waals surface area contributed by atoms with Gasteiger partial charge in [0.25, 0.3) is 0 Å². The molecular weight excluding hydrogens is 921 g/mol. The van der Waals surface area contributed by atoms with Crippen LogP contribution in [0.3, 0.4) is 0 Å². The standard InChI is InChI=1S/C62H75BrS3/c1-14-43(15-2)53-37-39-56(65-53)60(12,18-5)45-22-28-48(29-23-45)62(50-32-34-51(63)35-33-50,47-26-20-44(21-27-47)59(11,17-4)55-38-36-52(64-55)42(7)8)49-30-24-46(25-31-49)61(13,19-6)57-41-40-54(66-57)58(9,10)16-3/h20-43H,14-19H2,1-13H3. The fourth-order valence-electron chi connectivity index (χ4n) is 10.2. The molecule has 0 amide bonds. The van der Waals surface area contributed by atoms with Crippen LogP contribution in [0.15, 0.2) is 138 Å². The Morgan fingerprint density at radius 1 is 0.379 bits per heavy atom. The molecule has 4 unspecified atom stereocenters. The van der Waals surface area contributed by atoms with Crippen LogP contribution in [0, 0.1) is 0 Å². The maximum atomic E-state index is 3.82. The number of benzene rings is 4. The summed E-state index contributed by atoms with van der Waals surface area (Å²) in [4.78, 5) is 8.80. The van der Waals surface area contributed by atoms with Gasteiger partial charge in [0.1, 0.15) is 0 Å². The van der Waals surface area contributed by atoms with E-state index in [0.29, 0.717) is 11.8 Å². The van der Waals surface area contributed by atoms with Crippen molar-refractivity contribution in [2.24, 2.45) is 0 Å². The Bertz CT molecular complexity index is 2650. The first-order valence-electron chi connectivity index (χ1n) is 24.9. The van der Waals surface area contributed by atoms with Gasteiger partial charge >= 0.3 is 0 Å². The van der Waals surface area contributed by atoms with E-state index in [1.165, 1.54) is 81.0 Å². The van der Waals surface area contributed by atoms with E-state index in [2.05, 4.69) is 239 Å². The molecule has 0 saturated carbocycles. The number of hydrogen-bond acceptors (Lipinski definition) is 3. The zero-order chi connectivity index (χ0) is 47.7. The summed E-state index contributed by atoms with van der Waals surface area (Å²) in [5, 5.41) is 0. The Morgan fingerprint density at radius 2 is 0.697 bits per heavy atom. The second-order valence-electron chi connectivity index (χ2n) is 20.5. The van der Waals surface area contributed by atoms with Crippen LogP contribution in [0.5, 0.6) is 0 Å². The summed E-state index contributed by atoms with van der Waals surface area (Å²) in [6.07, 6.45) is 6.58. The van der Waals surface area contributed by atoms with E-state index in [0.717, 1.165) is 30.2 Å². The van der Waals surface area contributed by atoms with E-state index >= 15 is 0 Å². The Balaban J connectivity index is 1.43. The van der Waals surface area contributed by atoms with Crippen molar-refractivity contribution < 1.29 is 0 Å². The van der Waals surface area contributed by atoms with Gasteiger partial charge in [0.2, 0.25) is 0 Å². The molecule has 0 aliphatic carbocycles. The molecule has 4 heteroatoms. The predicted molar refractivity (Wildman–Crippen MR) is 296 cm³/mol. The monoisotopic (exact) mass is 994 g/mol. The van der Waals surface area contributed by atoms with E-state index in [1.807, 2.05) is 34.0 Å². The average molecular weight is 996 g/mol. The van der Waals surface area contributed by atoms with E-state index < -0.39 is 5.41 Å². The largest absolute Gasteiger partial charge is 0.144 e. The predicted octanol–water partition coefficient (Wildman–Crippen LogP) is 19.9. The smallest absolute Gasteiger partial charge is 0.0701 e. The second-order valence-corrected chi connectivity index (χ2v) is 24.7. The molecule has 0 aliphatic heterocycles. The Hall–Kier alpha value is -3.54. The van der Waals surface area contributed by atoms with Crippen LogP contribution in [0.4, 0.5) is 0 Å². The minimum Gasteiger partial charge on any atom is -0.144 e. The normalized spacial score (nSPS) is 15.9. The van der Waals surface area contributed by atoms with Gasteiger partial charge in [-0.1, -0.05) is 191 Å². The summed E-state index contributed by atoms with van der Waals surface area (Å²) in [5.74, 6) is 1.15. The van der Waals surface area contributed by atoms with Crippen LogP contribution in [0.25, 0.3) is 0 Å². The molecule has 7 aromatic rings. The van der Waals surface area contributed by atoms with Crippen LogP contribution in [-0.4, -0.2) is 0 Å². The van der Waals surface area contributed by atoms with E-state index in [-0.39, 0.29) is 21.7 Å². The summed E-state index contributed by atoms with van der Waals surface area (Å²) in [5.41, 5.74) is 8.49. The Kier molecular flexibility index (Phi) is 15.4. The van der Waals surface area contributed by atoms with E-state index in [1.54, 1.807) is 0 Å². The number of rotatable bonds is 19. The lowest BCUT2D eigenvalue weighted by atomic mass is 9.64. The van der Waals surface area contributed by atoms with Gasteiger partial charge in [0, 0.05) is 50.0 Å². The van der Waals surface area contributed by atoms with Gasteiger partial charge in [0.05, 0.1) is 5.41 Å². The topological polar surface area (TPSA) is 0 Å². The molecule has 3 aromatic heterocycles. The molecule has 0 bridgehead atoms. The maximum absolute atomic E-state index is 3.82. The highest BCUT2D eigenvalue weighted by molar-refractivity contribution is 9.10. The fourth-order valence-corrected chi connectivity index (χ4v) is 14.7. The Labute approximate surface area is 420 Å². The molecule has 4 aromatic carbocycles. The summed E-state index contributed by atoms with van der Waals surface area (Å²) in [7, 11) is 0. The molecule has 0 saturated heterocycles. The van der Waals surface area contributed by atoms with Crippen molar-refractivity contribution in [3.05, 3.63) is 206 Å². The zero-order valence-corrected chi connectivity index (χ0v) is 46.2. The van der Waals surface area contributed by atoms with E-state index in [9.17, 15) is 0 Å². The van der Waals surface area contributed by atoms with Crippen LogP contribution >= 0.6 is 49.9 Å². The average Bonchev–Trinajstić information content (AvgIpc) is 4.17. The molecule has 0 spiro atoms. The van der Waals surface area contributed by atoms with Gasteiger partial charge in [-0.3, -0.25) is 0 Å². The molecule has 4 atom stereocenters. The Morgan fingerprint density at radius 3 is 1.05 bits per heavy atom. The number of thiophene rings is 3. The van der Waals surface area contributed by atoms with E-state index in [4.69, 9.17) is 0 Å². The van der Waals surface area contributed by atoms with Gasteiger partial charge in [-0.2, -0.15) is 0 Å². The lowest BCUT2D eigenvalue weighted by Crippen LogP contribution is -2.32. The molecule has 0 aliphatic rings. The lowest BCUT2D eigenvalue weighted by molar-refractivity contribution is 0.517. The minimum absolute atomic E-state index is 0.0843. The van der Waals surface area contributed by atoms with Gasteiger partial charge < -0.3 is 0 Å². The first-order chi connectivity index (χ1) is 31.5. The summed E-state index contributed by atoms with van der Waals surface area (Å²) in [6.45, 7) is 30.7. The first kappa shape index (κ1) is 50.3. The molecule has 66 heavy (non-hydrogen) atoms. The molecule has 348 valence electrons. The van der Waals surface area contributed by atoms with Crippen molar-refractivity contribution in [3.8, 4) is 0 Å². The third-order valence-electron chi connectivity index (χ3n) is 16.3. The summed E-state index contributed by atoms with van der Waals surface area (Å²) < 4.78 is 1.08. The van der Waals surface area contributed by atoms with Crippen molar-refractivity contribution in [2.75, 3.05) is 0 Å². The van der Waals surface area contributed by atoms with Crippen molar-refractivity contribution in [1.82, 2.24) is 0 Å². The number of halogens is 1. The maximum Gasteiger partial charge on any atom is 0.0701 e.